The van der Waals surface area contributed by atoms with Gasteiger partial charge in [0.15, 0.2) is 16.7 Å². The van der Waals surface area contributed by atoms with E-state index in [1.54, 1.807) is 30.3 Å². The van der Waals surface area contributed by atoms with Gasteiger partial charge in [-0.1, -0.05) is 30.4 Å². The van der Waals surface area contributed by atoms with Crippen molar-refractivity contribution in [1.82, 2.24) is 4.98 Å². The van der Waals surface area contributed by atoms with E-state index in [1.165, 1.54) is 28.6 Å². The van der Waals surface area contributed by atoms with Crippen molar-refractivity contribution in [2.45, 2.75) is 26.3 Å². The molecule has 2 aromatic heterocycles. The Morgan fingerprint density at radius 1 is 1.11 bits per heavy atom. The van der Waals surface area contributed by atoms with Crippen LogP contribution in [0.25, 0.3) is 10.2 Å². The number of amides is 1. The van der Waals surface area contributed by atoms with E-state index in [-0.39, 0.29) is 11.3 Å². The highest BCUT2D eigenvalue weighted by Gasteiger charge is 2.46. The van der Waals surface area contributed by atoms with Gasteiger partial charge in [-0.3, -0.25) is 14.5 Å². The van der Waals surface area contributed by atoms with E-state index in [1.807, 2.05) is 32.0 Å². The maximum Gasteiger partial charge on any atom is 0.296 e. The van der Waals surface area contributed by atoms with E-state index in [2.05, 4.69) is 4.98 Å². The Balaban J connectivity index is 1.60. The summed E-state index contributed by atoms with van der Waals surface area (Å²) >= 11 is 1.28. The number of furan rings is 1. The smallest absolute Gasteiger partial charge is 0.296 e. The highest BCUT2D eigenvalue weighted by Crippen LogP contribution is 2.44. The number of ketones is 1. The molecule has 0 saturated heterocycles. The fourth-order valence-electron chi connectivity index (χ4n) is 4.11. The molecule has 0 radical (unpaired) electrons. The average molecular weight is 505 g/mol. The number of hydrogen-bond acceptors (Lipinski definition) is 8. The fraction of sp³-hybridized carbons (Fsp3) is 0.222. The second-order valence-electron chi connectivity index (χ2n) is 8.12. The molecule has 5 rings (SSSR count). The number of aliphatic hydroxyl groups excluding tert-OH is 1. The third kappa shape index (κ3) is 4.22. The molecule has 0 spiro atoms. The van der Waals surface area contributed by atoms with Crippen molar-refractivity contribution in [3.05, 3.63) is 83.5 Å². The molecule has 1 N–H and O–H groups in total. The van der Waals surface area contributed by atoms with Crippen LogP contribution in [0.2, 0.25) is 0 Å². The third-order valence-electron chi connectivity index (χ3n) is 5.73. The molecule has 8 nitrogen and oxygen atoms in total. The SMILES string of the molecule is CCCOc1ccc(C2C(C(=O)c3ccco3)=C(O)C(=O)N2c2nc3ccc(OCC)cc3s2)cc1. The number of Topliss-reactive ketones (excluding diaryl/α,β-unsaturated/α-hetero) is 1. The van der Waals surface area contributed by atoms with Crippen molar-refractivity contribution in [1.29, 1.82) is 0 Å². The van der Waals surface area contributed by atoms with Crippen molar-refractivity contribution in [2.24, 2.45) is 0 Å². The van der Waals surface area contributed by atoms with Gasteiger partial charge in [0.2, 0.25) is 5.78 Å². The molecule has 9 heteroatoms. The zero-order valence-corrected chi connectivity index (χ0v) is 20.6. The zero-order valence-electron chi connectivity index (χ0n) is 19.8. The molecule has 1 aliphatic rings. The summed E-state index contributed by atoms with van der Waals surface area (Å²) in [5.74, 6) is -0.490. The molecule has 3 heterocycles. The topological polar surface area (TPSA) is 102 Å². The van der Waals surface area contributed by atoms with Crippen LogP contribution in [0.4, 0.5) is 5.13 Å². The molecule has 0 fully saturated rings. The number of rotatable bonds is 9. The maximum atomic E-state index is 13.4. The first-order chi connectivity index (χ1) is 17.5. The molecule has 0 aliphatic carbocycles. The first kappa shape index (κ1) is 23.6. The summed E-state index contributed by atoms with van der Waals surface area (Å²) in [5, 5.41) is 11.3. The quantitative estimate of drug-likeness (QED) is 0.285. The molecule has 1 amide bonds. The number of nitrogens with zero attached hydrogens (tertiary/aromatic N) is 2. The first-order valence-electron chi connectivity index (χ1n) is 11.6. The predicted octanol–water partition coefficient (Wildman–Crippen LogP) is 5.86. The van der Waals surface area contributed by atoms with Gasteiger partial charge in [-0.2, -0.15) is 0 Å². The number of aromatic nitrogens is 1. The Morgan fingerprint density at radius 2 is 1.89 bits per heavy atom. The van der Waals surface area contributed by atoms with E-state index in [0.29, 0.717) is 40.9 Å². The fourth-order valence-corrected chi connectivity index (χ4v) is 5.13. The standard InChI is InChI=1S/C27H24N2O6S/c1-3-13-34-17-9-7-16(8-10-17)23-22(24(30)20-6-5-14-35-20)25(31)26(32)29(23)27-28-19-12-11-18(33-4-2)15-21(19)36-27/h5-12,14-15,23,31H,3-4,13H2,1-2H3. The lowest BCUT2D eigenvalue weighted by Crippen LogP contribution is -2.30. The zero-order chi connectivity index (χ0) is 25.2. The maximum absolute atomic E-state index is 13.4. The van der Waals surface area contributed by atoms with Crippen LogP contribution < -0.4 is 14.4 Å². The summed E-state index contributed by atoms with van der Waals surface area (Å²) in [6.07, 6.45) is 2.24. The van der Waals surface area contributed by atoms with Crippen molar-refractivity contribution < 1.29 is 28.6 Å². The average Bonchev–Trinajstić information content (AvgIpc) is 3.62. The summed E-state index contributed by atoms with van der Waals surface area (Å²) in [6.45, 7) is 5.02. The highest BCUT2D eigenvalue weighted by atomic mass is 32.1. The monoisotopic (exact) mass is 504 g/mol. The Morgan fingerprint density at radius 3 is 2.58 bits per heavy atom. The molecule has 1 aliphatic heterocycles. The van der Waals surface area contributed by atoms with Crippen LogP contribution in [-0.4, -0.2) is 35.0 Å². The Labute approximate surface area is 211 Å². The molecule has 0 saturated carbocycles. The molecule has 36 heavy (non-hydrogen) atoms. The summed E-state index contributed by atoms with van der Waals surface area (Å²) in [7, 11) is 0. The van der Waals surface area contributed by atoms with Crippen LogP contribution in [0, 0.1) is 0 Å². The Bertz CT molecular complexity index is 1440. The van der Waals surface area contributed by atoms with E-state index in [4.69, 9.17) is 13.9 Å². The van der Waals surface area contributed by atoms with Gasteiger partial charge >= 0.3 is 0 Å². The number of benzene rings is 2. The van der Waals surface area contributed by atoms with Crippen LogP contribution >= 0.6 is 11.3 Å². The predicted molar refractivity (Wildman–Crippen MR) is 136 cm³/mol. The van der Waals surface area contributed by atoms with Crippen LogP contribution in [0.5, 0.6) is 11.5 Å². The lowest BCUT2D eigenvalue weighted by Gasteiger charge is -2.24. The molecule has 4 aromatic rings. The minimum absolute atomic E-state index is 0.0322. The Kier molecular flexibility index (Phi) is 6.47. The molecule has 0 bridgehead atoms. The van der Waals surface area contributed by atoms with Gasteiger partial charge in [-0.25, -0.2) is 4.98 Å². The summed E-state index contributed by atoms with van der Waals surface area (Å²) < 4.78 is 17.4. The van der Waals surface area contributed by atoms with Gasteiger partial charge in [0.05, 0.1) is 41.3 Å². The van der Waals surface area contributed by atoms with Crippen molar-refractivity contribution in [3.63, 3.8) is 0 Å². The van der Waals surface area contributed by atoms with Crippen LogP contribution in [-0.2, 0) is 4.79 Å². The molecule has 2 aromatic carbocycles. The highest BCUT2D eigenvalue weighted by molar-refractivity contribution is 7.22. The molecule has 184 valence electrons. The Hall–Kier alpha value is -4.11. The minimum Gasteiger partial charge on any atom is -0.503 e. The van der Waals surface area contributed by atoms with Gasteiger partial charge < -0.3 is 19.0 Å². The number of hydrogen-bond donors (Lipinski definition) is 1. The number of fused-ring (bicyclic) bond motifs is 1. The van der Waals surface area contributed by atoms with Crippen molar-refractivity contribution in [3.8, 4) is 11.5 Å². The lowest BCUT2D eigenvalue weighted by molar-refractivity contribution is -0.117. The van der Waals surface area contributed by atoms with Crippen LogP contribution in [0.3, 0.4) is 0 Å². The van der Waals surface area contributed by atoms with Gasteiger partial charge in [0.25, 0.3) is 5.91 Å². The van der Waals surface area contributed by atoms with Gasteiger partial charge in [0.1, 0.15) is 11.5 Å². The number of carbonyl (C=O) groups is 2. The van der Waals surface area contributed by atoms with Crippen LogP contribution in [0.1, 0.15) is 42.4 Å². The van der Waals surface area contributed by atoms with Gasteiger partial charge in [-0.05, 0) is 61.4 Å². The summed E-state index contributed by atoms with van der Waals surface area (Å²) in [4.78, 5) is 32.8. The van der Waals surface area contributed by atoms with E-state index >= 15 is 0 Å². The van der Waals surface area contributed by atoms with E-state index < -0.39 is 23.5 Å². The molecule has 1 atom stereocenters. The second kappa shape index (κ2) is 9.87. The minimum atomic E-state index is -0.901. The number of thiazole rings is 1. The van der Waals surface area contributed by atoms with Crippen molar-refractivity contribution in [2.75, 3.05) is 18.1 Å². The largest absolute Gasteiger partial charge is 0.503 e. The second-order valence-corrected chi connectivity index (χ2v) is 9.13. The van der Waals surface area contributed by atoms with E-state index in [0.717, 1.165) is 11.1 Å². The van der Waals surface area contributed by atoms with Gasteiger partial charge in [0, 0.05) is 0 Å². The molecule has 1 unspecified atom stereocenters. The number of anilines is 1. The van der Waals surface area contributed by atoms with Gasteiger partial charge in [-0.15, -0.1) is 0 Å². The normalized spacial score (nSPS) is 15.7. The number of aliphatic hydroxyl groups is 1. The van der Waals surface area contributed by atoms with E-state index in [9.17, 15) is 14.7 Å². The summed E-state index contributed by atoms with van der Waals surface area (Å²) in [5.41, 5.74) is 1.24. The first-order valence-corrected chi connectivity index (χ1v) is 12.4. The van der Waals surface area contributed by atoms with Crippen molar-refractivity contribution >= 4 is 38.4 Å². The third-order valence-corrected chi connectivity index (χ3v) is 6.75. The number of ether oxygens (including phenoxy) is 2. The number of carbonyl (C=O) groups excluding carboxylic acids is 2. The summed E-state index contributed by atoms with van der Waals surface area (Å²) in [6, 6.07) is 14.8. The lowest BCUT2D eigenvalue weighted by atomic mass is 9.95. The van der Waals surface area contributed by atoms with Crippen LogP contribution in [0.15, 0.2) is 76.6 Å². The molecular formula is C27H24N2O6S. The molecular weight excluding hydrogens is 480 g/mol.